The third kappa shape index (κ3) is 2.99. The van der Waals surface area contributed by atoms with Gasteiger partial charge in [-0.05, 0) is 17.0 Å². The summed E-state index contributed by atoms with van der Waals surface area (Å²) in [7, 11) is 0. The highest BCUT2D eigenvalue weighted by Crippen LogP contribution is 2.33. The first-order chi connectivity index (χ1) is 6.82. The highest BCUT2D eigenvalue weighted by atomic mass is 19.3. The van der Waals surface area contributed by atoms with E-state index in [4.69, 9.17) is 0 Å². The molecule has 1 atom stereocenters. The lowest BCUT2D eigenvalue weighted by molar-refractivity contribution is 0.0622. The monoisotopic (exact) mass is 214 g/mol. The van der Waals surface area contributed by atoms with Crippen LogP contribution in [0, 0.1) is 5.41 Å². The average molecular weight is 214 g/mol. The Hall–Kier alpha value is -0.960. The van der Waals surface area contributed by atoms with Gasteiger partial charge in [-0.1, -0.05) is 39.0 Å². The third-order valence-electron chi connectivity index (χ3n) is 2.30. The lowest BCUT2D eigenvalue weighted by atomic mass is 9.84. The molecule has 1 aromatic carbocycles. The molecule has 1 N–H and O–H groups in total. The van der Waals surface area contributed by atoms with Gasteiger partial charge in [0.1, 0.15) is 0 Å². The maximum Gasteiger partial charge on any atom is 0.263 e. The Morgan fingerprint density at radius 2 is 1.67 bits per heavy atom. The molecule has 1 rings (SSSR count). The van der Waals surface area contributed by atoms with Gasteiger partial charge in [0.15, 0.2) is 0 Å². The average Bonchev–Trinajstić information content (AvgIpc) is 2.15. The van der Waals surface area contributed by atoms with Crippen molar-refractivity contribution in [2.45, 2.75) is 33.3 Å². The molecule has 0 aliphatic carbocycles. The van der Waals surface area contributed by atoms with Crippen molar-refractivity contribution in [3.8, 4) is 0 Å². The summed E-state index contributed by atoms with van der Waals surface area (Å²) in [5, 5.41) is 9.92. The van der Waals surface area contributed by atoms with Crippen molar-refractivity contribution >= 4 is 0 Å². The number of benzene rings is 1. The van der Waals surface area contributed by atoms with Crippen LogP contribution in [0.4, 0.5) is 8.78 Å². The van der Waals surface area contributed by atoms with E-state index in [0.29, 0.717) is 5.56 Å². The zero-order valence-electron chi connectivity index (χ0n) is 9.17. The Morgan fingerprint density at radius 3 is 2.13 bits per heavy atom. The first-order valence-electron chi connectivity index (χ1n) is 4.88. The molecule has 84 valence electrons. The molecule has 1 aromatic rings. The summed E-state index contributed by atoms with van der Waals surface area (Å²) >= 11 is 0. The molecule has 0 bridgehead atoms. The highest BCUT2D eigenvalue weighted by Gasteiger charge is 2.24. The molecule has 0 radical (unpaired) electrons. The molecule has 0 spiro atoms. The van der Waals surface area contributed by atoms with Crippen LogP contribution >= 0.6 is 0 Å². The summed E-state index contributed by atoms with van der Waals surface area (Å²) in [6, 6.07) is 5.94. The Kier molecular flexibility index (Phi) is 3.45. The van der Waals surface area contributed by atoms with Crippen LogP contribution in [-0.4, -0.2) is 5.11 Å². The van der Waals surface area contributed by atoms with Crippen LogP contribution in [-0.2, 0) is 0 Å². The molecule has 15 heavy (non-hydrogen) atoms. The SMILES string of the molecule is CC(C)(C)C(O)c1cccc(C(F)F)c1. The van der Waals surface area contributed by atoms with Gasteiger partial charge in [0.05, 0.1) is 6.10 Å². The lowest BCUT2D eigenvalue weighted by Gasteiger charge is -2.26. The smallest absolute Gasteiger partial charge is 0.263 e. The molecule has 0 aliphatic heterocycles. The zero-order valence-corrected chi connectivity index (χ0v) is 9.17. The Bertz CT molecular complexity index is 329. The predicted octanol–water partition coefficient (Wildman–Crippen LogP) is 3.70. The molecule has 0 fully saturated rings. The fraction of sp³-hybridized carbons (Fsp3) is 0.500. The van der Waals surface area contributed by atoms with Gasteiger partial charge in [-0.15, -0.1) is 0 Å². The van der Waals surface area contributed by atoms with E-state index in [1.807, 2.05) is 20.8 Å². The van der Waals surface area contributed by atoms with Crippen molar-refractivity contribution in [3.63, 3.8) is 0 Å². The van der Waals surface area contributed by atoms with Crippen molar-refractivity contribution < 1.29 is 13.9 Å². The molecule has 0 amide bonds. The normalized spacial score (nSPS) is 14.3. The maximum absolute atomic E-state index is 12.4. The lowest BCUT2D eigenvalue weighted by Crippen LogP contribution is -2.17. The highest BCUT2D eigenvalue weighted by molar-refractivity contribution is 5.26. The van der Waals surface area contributed by atoms with Crippen LogP contribution in [0.15, 0.2) is 24.3 Å². The van der Waals surface area contributed by atoms with E-state index in [0.717, 1.165) is 0 Å². The van der Waals surface area contributed by atoms with Gasteiger partial charge >= 0.3 is 0 Å². The van der Waals surface area contributed by atoms with E-state index >= 15 is 0 Å². The second-order valence-corrected chi connectivity index (χ2v) is 4.74. The quantitative estimate of drug-likeness (QED) is 0.795. The summed E-state index contributed by atoms with van der Waals surface area (Å²) < 4.78 is 24.9. The van der Waals surface area contributed by atoms with Gasteiger partial charge in [-0.25, -0.2) is 8.78 Å². The van der Waals surface area contributed by atoms with Crippen molar-refractivity contribution in [1.82, 2.24) is 0 Å². The summed E-state index contributed by atoms with van der Waals surface area (Å²) in [5.41, 5.74) is 0.150. The van der Waals surface area contributed by atoms with Gasteiger partial charge in [-0.2, -0.15) is 0 Å². The van der Waals surface area contributed by atoms with Crippen molar-refractivity contribution in [1.29, 1.82) is 0 Å². The predicted molar refractivity (Wildman–Crippen MR) is 55.8 cm³/mol. The molecule has 0 aromatic heterocycles. The minimum absolute atomic E-state index is 0.0456. The Labute approximate surface area is 88.7 Å². The topological polar surface area (TPSA) is 20.2 Å². The number of rotatable bonds is 2. The second-order valence-electron chi connectivity index (χ2n) is 4.74. The molecular weight excluding hydrogens is 198 g/mol. The van der Waals surface area contributed by atoms with E-state index in [-0.39, 0.29) is 11.0 Å². The summed E-state index contributed by atoms with van der Waals surface area (Å²) in [6.45, 7) is 5.60. The number of aliphatic hydroxyl groups excluding tert-OH is 1. The maximum atomic E-state index is 12.4. The largest absolute Gasteiger partial charge is 0.388 e. The number of hydrogen-bond acceptors (Lipinski definition) is 1. The first kappa shape index (κ1) is 12.1. The summed E-state index contributed by atoms with van der Waals surface area (Å²) in [5.74, 6) is 0. The van der Waals surface area contributed by atoms with E-state index < -0.39 is 12.5 Å². The Balaban J connectivity index is 3.00. The molecule has 0 saturated carbocycles. The molecular formula is C12H16F2O. The van der Waals surface area contributed by atoms with E-state index in [1.165, 1.54) is 12.1 Å². The van der Waals surface area contributed by atoms with Crippen LogP contribution in [0.5, 0.6) is 0 Å². The number of halogens is 2. The fourth-order valence-corrected chi connectivity index (χ4v) is 1.36. The van der Waals surface area contributed by atoms with Crippen molar-refractivity contribution in [2.24, 2.45) is 5.41 Å². The van der Waals surface area contributed by atoms with E-state index in [9.17, 15) is 13.9 Å². The van der Waals surface area contributed by atoms with Gasteiger partial charge in [-0.3, -0.25) is 0 Å². The van der Waals surface area contributed by atoms with Crippen LogP contribution in [0.1, 0.15) is 44.4 Å². The summed E-state index contributed by atoms with van der Waals surface area (Å²) in [4.78, 5) is 0. The molecule has 3 heteroatoms. The van der Waals surface area contributed by atoms with Gasteiger partial charge in [0, 0.05) is 5.56 Å². The Morgan fingerprint density at radius 1 is 1.13 bits per heavy atom. The second kappa shape index (κ2) is 4.27. The fourth-order valence-electron chi connectivity index (χ4n) is 1.36. The van der Waals surface area contributed by atoms with Crippen LogP contribution in [0.2, 0.25) is 0 Å². The number of aliphatic hydroxyl groups is 1. The van der Waals surface area contributed by atoms with Gasteiger partial charge in [0.2, 0.25) is 0 Å². The molecule has 1 nitrogen and oxygen atoms in total. The van der Waals surface area contributed by atoms with Crippen molar-refractivity contribution in [3.05, 3.63) is 35.4 Å². The minimum atomic E-state index is -2.49. The van der Waals surface area contributed by atoms with Gasteiger partial charge < -0.3 is 5.11 Å². The minimum Gasteiger partial charge on any atom is -0.388 e. The molecule has 0 saturated heterocycles. The van der Waals surface area contributed by atoms with Crippen LogP contribution in [0.3, 0.4) is 0 Å². The molecule has 0 aliphatic rings. The van der Waals surface area contributed by atoms with Crippen LogP contribution in [0.25, 0.3) is 0 Å². The van der Waals surface area contributed by atoms with Crippen molar-refractivity contribution in [2.75, 3.05) is 0 Å². The molecule has 1 unspecified atom stereocenters. The molecule has 0 heterocycles. The summed E-state index contributed by atoms with van der Waals surface area (Å²) in [6.07, 6.45) is -3.21. The standard InChI is InChI=1S/C12H16F2O/c1-12(2,3)10(15)8-5-4-6-9(7-8)11(13)14/h4-7,10-11,15H,1-3H3. The number of alkyl halides is 2. The van der Waals surface area contributed by atoms with Gasteiger partial charge in [0.25, 0.3) is 6.43 Å². The van der Waals surface area contributed by atoms with E-state index in [2.05, 4.69) is 0 Å². The zero-order chi connectivity index (χ0) is 11.6. The first-order valence-corrected chi connectivity index (χ1v) is 4.88. The number of hydrogen-bond donors (Lipinski definition) is 1. The third-order valence-corrected chi connectivity index (χ3v) is 2.30. The van der Waals surface area contributed by atoms with E-state index in [1.54, 1.807) is 12.1 Å². The van der Waals surface area contributed by atoms with Crippen LogP contribution < -0.4 is 0 Å².